The molecule has 108 valence electrons. The van der Waals surface area contributed by atoms with Gasteiger partial charge >= 0.3 is 0 Å². The molecule has 4 nitrogen and oxygen atoms in total. The quantitative estimate of drug-likeness (QED) is 0.944. The van der Waals surface area contributed by atoms with Crippen LogP contribution in [0.3, 0.4) is 0 Å². The summed E-state index contributed by atoms with van der Waals surface area (Å²) in [5.41, 5.74) is 1.07. The fraction of sp³-hybridized carbons (Fsp3) is 0.267. The number of halogens is 2. The van der Waals surface area contributed by atoms with Gasteiger partial charge in [-0.05, 0) is 25.0 Å². The highest BCUT2D eigenvalue weighted by Gasteiger charge is 2.53. The molecule has 1 aromatic heterocycles. The SMILES string of the molecule is CNC(=O)C1(c2ncc(-c3ccc(Cl)cc3Cl)cn2)CC1. The van der Waals surface area contributed by atoms with Crippen LogP contribution in [0.1, 0.15) is 18.7 Å². The van der Waals surface area contributed by atoms with Gasteiger partial charge in [-0.25, -0.2) is 9.97 Å². The first-order valence-electron chi connectivity index (χ1n) is 6.57. The lowest BCUT2D eigenvalue weighted by Gasteiger charge is -2.12. The van der Waals surface area contributed by atoms with Crippen LogP contribution in [0.25, 0.3) is 11.1 Å². The van der Waals surface area contributed by atoms with Crippen LogP contribution in [0.4, 0.5) is 0 Å². The Morgan fingerprint density at radius 2 is 1.90 bits per heavy atom. The van der Waals surface area contributed by atoms with Gasteiger partial charge in [0.2, 0.25) is 5.91 Å². The van der Waals surface area contributed by atoms with Crippen molar-refractivity contribution in [3.63, 3.8) is 0 Å². The van der Waals surface area contributed by atoms with Crippen molar-refractivity contribution in [2.75, 3.05) is 7.05 Å². The van der Waals surface area contributed by atoms with Gasteiger partial charge in [-0.15, -0.1) is 0 Å². The third-order valence-corrected chi connectivity index (χ3v) is 4.28. The molecule has 0 atom stereocenters. The topological polar surface area (TPSA) is 54.9 Å². The second kappa shape index (κ2) is 5.28. The Kier molecular flexibility index (Phi) is 3.59. The summed E-state index contributed by atoms with van der Waals surface area (Å²) < 4.78 is 0. The third kappa shape index (κ3) is 2.49. The van der Waals surface area contributed by atoms with Gasteiger partial charge in [0.25, 0.3) is 0 Å². The van der Waals surface area contributed by atoms with Gasteiger partial charge in [0, 0.05) is 40.6 Å². The molecule has 21 heavy (non-hydrogen) atoms. The summed E-state index contributed by atoms with van der Waals surface area (Å²) in [6.07, 6.45) is 4.96. The van der Waals surface area contributed by atoms with Crippen molar-refractivity contribution in [2.24, 2.45) is 0 Å². The molecule has 3 rings (SSSR count). The Hall–Kier alpha value is -1.65. The number of carbonyl (C=O) groups excluding carboxylic acids is 1. The Bertz CT molecular complexity index is 697. The van der Waals surface area contributed by atoms with Gasteiger partial charge in [-0.2, -0.15) is 0 Å². The number of amides is 1. The maximum Gasteiger partial charge on any atom is 0.233 e. The number of benzene rings is 1. The van der Waals surface area contributed by atoms with E-state index in [2.05, 4.69) is 15.3 Å². The van der Waals surface area contributed by atoms with Crippen LogP contribution in [0.15, 0.2) is 30.6 Å². The predicted molar refractivity (Wildman–Crippen MR) is 82.5 cm³/mol. The van der Waals surface area contributed by atoms with Crippen LogP contribution in [0.2, 0.25) is 10.0 Å². The third-order valence-electron chi connectivity index (χ3n) is 3.73. The second-order valence-corrected chi connectivity index (χ2v) is 5.92. The minimum absolute atomic E-state index is 0.0280. The number of nitrogens with zero attached hydrogens (tertiary/aromatic N) is 2. The molecule has 0 bridgehead atoms. The van der Waals surface area contributed by atoms with Crippen molar-refractivity contribution < 1.29 is 4.79 Å². The van der Waals surface area contributed by atoms with Crippen LogP contribution >= 0.6 is 23.2 Å². The minimum Gasteiger partial charge on any atom is -0.358 e. The smallest absolute Gasteiger partial charge is 0.233 e. The summed E-state index contributed by atoms with van der Waals surface area (Å²) in [6, 6.07) is 5.28. The monoisotopic (exact) mass is 321 g/mol. The summed E-state index contributed by atoms with van der Waals surface area (Å²) in [5.74, 6) is 0.537. The van der Waals surface area contributed by atoms with E-state index in [0.29, 0.717) is 15.9 Å². The molecule has 1 aliphatic rings. The van der Waals surface area contributed by atoms with Crippen molar-refractivity contribution >= 4 is 29.1 Å². The van der Waals surface area contributed by atoms with E-state index in [9.17, 15) is 4.79 Å². The molecule has 0 unspecified atom stereocenters. The standard InChI is InChI=1S/C15H13Cl2N3O/c1-18-14(21)15(4-5-15)13-19-7-9(8-20-13)11-3-2-10(16)6-12(11)17/h2-3,6-8H,4-5H2,1H3,(H,18,21). The largest absolute Gasteiger partial charge is 0.358 e. The second-order valence-electron chi connectivity index (χ2n) is 5.08. The van der Waals surface area contributed by atoms with Gasteiger partial charge in [-0.3, -0.25) is 4.79 Å². The Balaban J connectivity index is 1.93. The van der Waals surface area contributed by atoms with Crippen molar-refractivity contribution in [1.29, 1.82) is 0 Å². The normalized spacial score (nSPS) is 15.6. The summed E-state index contributed by atoms with van der Waals surface area (Å²) in [6.45, 7) is 0. The summed E-state index contributed by atoms with van der Waals surface area (Å²) in [5, 5.41) is 3.80. The highest BCUT2D eigenvalue weighted by molar-refractivity contribution is 6.36. The molecule has 1 heterocycles. The Morgan fingerprint density at radius 3 is 2.43 bits per heavy atom. The summed E-state index contributed by atoms with van der Waals surface area (Å²) in [7, 11) is 1.63. The van der Waals surface area contributed by atoms with Gasteiger partial charge in [0.15, 0.2) is 0 Å². The molecule has 0 spiro atoms. The van der Waals surface area contributed by atoms with Crippen LogP contribution < -0.4 is 5.32 Å². The average Bonchev–Trinajstić information content (AvgIpc) is 3.28. The van der Waals surface area contributed by atoms with Crippen molar-refractivity contribution in [3.8, 4) is 11.1 Å². The number of aromatic nitrogens is 2. The molecule has 1 aliphatic carbocycles. The van der Waals surface area contributed by atoms with E-state index in [1.807, 2.05) is 6.07 Å². The van der Waals surface area contributed by atoms with E-state index < -0.39 is 5.41 Å². The molecule has 1 amide bonds. The van der Waals surface area contributed by atoms with E-state index >= 15 is 0 Å². The number of hydrogen-bond acceptors (Lipinski definition) is 3. The molecule has 0 aliphatic heterocycles. The molecule has 1 aromatic carbocycles. The van der Waals surface area contributed by atoms with Crippen molar-refractivity contribution in [2.45, 2.75) is 18.3 Å². The molecule has 6 heteroatoms. The molecule has 2 aromatic rings. The molecule has 1 saturated carbocycles. The van der Waals surface area contributed by atoms with Crippen LogP contribution in [-0.4, -0.2) is 22.9 Å². The molecule has 0 radical (unpaired) electrons. The van der Waals surface area contributed by atoms with Crippen molar-refractivity contribution in [1.82, 2.24) is 15.3 Å². The fourth-order valence-electron chi connectivity index (χ4n) is 2.35. The van der Waals surface area contributed by atoms with Gasteiger partial charge in [0.05, 0.1) is 0 Å². The van der Waals surface area contributed by atoms with E-state index in [-0.39, 0.29) is 5.91 Å². The average molecular weight is 322 g/mol. The Morgan fingerprint density at radius 1 is 1.24 bits per heavy atom. The lowest BCUT2D eigenvalue weighted by molar-refractivity contribution is -0.123. The van der Waals surface area contributed by atoms with Crippen molar-refractivity contribution in [3.05, 3.63) is 46.5 Å². The van der Waals surface area contributed by atoms with Crippen LogP contribution in [0.5, 0.6) is 0 Å². The first-order valence-corrected chi connectivity index (χ1v) is 7.32. The number of rotatable bonds is 3. The molecule has 0 saturated heterocycles. The first-order chi connectivity index (χ1) is 10.1. The lowest BCUT2D eigenvalue weighted by atomic mass is 10.0. The summed E-state index contributed by atoms with van der Waals surface area (Å²) in [4.78, 5) is 20.6. The summed E-state index contributed by atoms with van der Waals surface area (Å²) >= 11 is 12.1. The number of carbonyl (C=O) groups is 1. The lowest BCUT2D eigenvalue weighted by Crippen LogP contribution is -2.33. The zero-order valence-electron chi connectivity index (χ0n) is 11.4. The predicted octanol–water partition coefficient (Wildman–Crippen LogP) is 3.23. The highest BCUT2D eigenvalue weighted by atomic mass is 35.5. The Labute approximate surface area is 132 Å². The minimum atomic E-state index is -0.545. The van der Waals surface area contributed by atoms with Crippen LogP contribution in [0, 0.1) is 0 Å². The number of hydrogen-bond donors (Lipinski definition) is 1. The number of nitrogens with one attached hydrogen (secondary N) is 1. The molecular weight excluding hydrogens is 309 g/mol. The van der Waals surface area contributed by atoms with E-state index in [1.54, 1.807) is 31.6 Å². The molecular formula is C15H13Cl2N3O. The van der Waals surface area contributed by atoms with E-state index in [4.69, 9.17) is 23.2 Å². The zero-order valence-corrected chi connectivity index (χ0v) is 12.9. The van der Waals surface area contributed by atoms with Gasteiger partial charge in [0.1, 0.15) is 11.2 Å². The fourth-order valence-corrected chi connectivity index (χ4v) is 2.87. The van der Waals surface area contributed by atoms with Crippen LogP contribution in [-0.2, 0) is 10.2 Å². The molecule has 1 fully saturated rings. The number of likely N-dealkylation sites (N-methyl/N-ethyl adjacent to an activating group) is 1. The first kappa shape index (κ1) is 14.3. The van der Waals surface area contributed by atoms with Gasteiger partial charge in [-0.1, -0.05) is 29.3 Å². The maximum atomic E-state index is 11.9. The molecule has 1 N–H and O–H groups in total. The van der Waals surface area contributed by atoms with E-state index in [1.165, 1.54) is 0 Å². The maximum absolute atomic E-state index is 11.9. The zero-order chi connectivity index (χ0) is 15.0. The highest BCUT2D eigenvalue weighted by Crippen LogP contribution is 2.46. The van der Waals surface area contributed by atoms with E-state index in [0.717, 1.165) is 24.0 Å². The van der Waals surface area contributed by atoms with Gasteiger partial charge < -0.3 is 5.32 Å².